The van der Waals surface area contributed by atoms with Crippen LogP contribution in [0.3, 0.4) is 0 Å². The van der Waals surface area contributed by atoms with Gasteiger partial charge in [0.25, 0.3) is 0 Å². The van der Waals surface area contributed by atoms with Crippen molar-refractivity contribution in [2.75, 3.05) is 6.54 Å². The van der Waals surface area contributed by atoms with Crippen LogP contribution in [-0.2, 0) is 11.2 Å². The molecule has 0 amide bonds. The van der Waals surface area contributed by atoms with Crippen molar-refractivity contribution in [1.82, 2.24) is 4.90 Å². The molecule has 0 spiro atoms. The molecule has 1 aliphatic rings. The molecule has 3 aromatic rings. The van der Waals surface area contributed by atoms with Gasteiger partial charge in [-0.25, -0.2) is 9.18 Å². The van der Waals surface area contributed by atoms with E-state index in [1.165, 1.54) is 6.08 Å². The third-order valence-electron chi connectivity index (χ3n) is 5.73. The predicted molar refractivity (Wildman–Crippen MR) is 126 cm³/mol. The Kier molecular flexibility index (Phi) is 6.10. The summed E-state index contributed by atoms with van der Waals surface area (Å²) in [6, 6.07) is 10.7. The Morgan fingerprint density at radius 1 is 1.28 bits per heavy atom. The van der Waals surface area contributed by atoms with Crippen molar-refractivity contribution in [3.05, 3.63) is 75.0 Å². The van der Waals surface area contributed by atoms with Gasteiger partial charge in [0.15, 0.2) is 0 Å². The average molecular weight is 476 g/mol. The van der Waals surface area contributed by atoms with Gasteiger partial charge < -0.3 is 9.52 Å². The number of carboxylic acids is 1. The molecule has 0 saturated heterocycles. The van der Waals surface area contributed by atoms with Gasteiger partial charge in [-0.2, -0.15) is 0 Å². The van der Waals surface area contributed by atoms with Gasteiger partial charge in [-0.15, -0.1) is 0 Å². The average Bonchev–Trinajstić information content (AvgIpc) is 3.05. The first-order valence-electron chi connectivity index (χ1n) is 10.4. The zero-order valence-electron chi connectivity index (χ0n) is 18.0. The predicted octanol–water partition coefficient (Wildman–Crippen LogP) is 6.92. The fraction of sp³-hybridized carbons (Fsp3) is 0.320. The minimum Gasteiger partial charge on any atom is -0.478 e. The van der Waals surface area contributed by atoms with Crippen LogP contribution in [0.4, 0.5) is 4.39 Å². The quantitative estimate of drug-likeness (QED) is 0.406. The van der Waals surface area contributed by atoms with Gasteiger partial charge in [-0.3, -0.25) is 4.90 Å². The first kappa shape index (κ1) is 22.8. The van der Waals surface area contributed by atoms with Gasteiger partial charge in [0.2, 0.25) is 0 Å². The van der Waals surface area contributed by atoms with Gasteiger partial charge in [0, 0.05) is 45.2 Å². The van der Waals surface area contributed by atoms with Crippen LogP contribution in [0.2, 0.25) is 10.0 Å². The van der Waals surface area contributed by atoms with Crippen LogP contribution in [-0.4, -0.2) is 34.2 Å². The van der Waals surface area contributed by atoms with E-state index in [1.807, 2.05) is 29.2 Å². The molecule has 4 rings (SSSR count). The van der Waals surface area contributed by atoms with E-state index in [2.05, 4.69) is 6.92 Å². The Bertz CT molecular complexity index is 1190. The second kappa shape index (κ2) is 8.54. The number of carboxylic acid groups (broad SMARTS) is 1. The zero-order chi connectivity index (χ0) is 23.2. The molecule has 2 aromatic carbocycles. The van der Waals surface area contributed by atoms with E-state index in [4.69, 9.17) is 32.7 Å². The summed E-state index contributed by atoms with van der Waals surface area (Å²) in [5.41, 5.74) is 1.59. The number of rotatable bonds is 5. The summed E-state index contributed by atoms with van der Waals surface area (Å²) in [7, 11) is 0. The van der Waals surface area contributed by atoms with Gasteiger partial charge >= 0.3 is 5.97 Å². The fourth-order valence-electron chi connectivity index (χ4n) is 4.47. The number of hydrogen-bond donors (Lipinski definition) is 1. The number of halogens is 3. The third-order valence-corrected chi connectivity index (χ3v) is 6.35. The Hall–Kier alpha value is -2.34. The van der Waals surface area contributed by atoms with E-state index in [-0.39, 0.29) is 12.6 Å². The standard InChI is InChI=1S/C25H24Cl2FNO3/c1-14-10-17-16-6-4-5-7-20(16)32-24(17)23(29(14)13-25(2,3)28)22-18(26)11-15(12-19(22)27)8-9-21(30)31/h4-9,11-12,14,23H,10,13H2,1-3H3,(H,30,31)/b9-8+. The highest BCUT2D eigenvalue weighted by Gasteiger charge is 2.41. The number of hydrogen-bond acceptors (Lipinski definition) is 3. The molecule has 1 N–H and O–H groups in total. The normalized spacial score (nSPS) is 19.6. The third kappa shape index (κ3) is 4.42. The number of fused-ring (bicyclic) bond motifs is 3. The lowest BCUT2D eigenvalue weighted by Gasteiger charge is -2.42. The monoisotopic (exact) mass is 475 g/mol. The number of para-hydroxylation sites is 1. The molecule has 32 heavy (non-hydrogen) atoms. The number of carbonyl (C=O) groups is 1. The van der Waals surface area contributed by atoms with Crippen molar-refractivity contribution in [3.63, 3.8) is 0 Å². The highest BCUT2D eigenvalue weighted by Crippen LogP contribution is 2.47. The number of furan rings is 1. The Labute approximate surface area is 196 Å². The summed E-state index contributed by atoms with van der Waals surface area (Å²) >= 11 is 13.4. The minimum absolute atomic E-state index is 0.0160. The molecule has 0 bridgehead atoms. The van der Waals surface area contributed by atoms with Crippen molar-refractivity contribution in [3.8, 4) is 0 Å². The van der Waals surface area contributed by atoms with Gasteiger partial charge in [0.05, 0.1) is 6.04 Å². The molecule has 0 radical (unpaired) electrons. The van der Waals surface area contributed by atoms with Crippen molar-refractivity contribution in [1.29, 1.82) is 0 Å². The Morgan fingerprint density at radius 2 is 1.94 bits per heavy atom. The van der Waals surface area contributed by atoms with E-state index in [0.29, 0.717) is 33.4 Å². The van der Waals surface area contributed by atoms with Gasteiger partial charge in [-0.05, 0) is 57.0 Å². The molecule has 0 aliphatic carbocycles. The van der Waals surface area contributed by atoms with Crippen LogP contribution in [0.5, 0.6) is 0 Å². The Morgan fingerprint density at radius 3 is 2.56 bits per heavy atom. The van der Waals surface area contributed by atoms with E-state index < -0.39 is 17.7 Å². The maximum absolute atomic E-state index is 14.9. The molecular formula is C25H24Cl2FNO3. The largest absolute Gasteiger partial charge is 0.478 e. The van der Waals surface area contributed by atoms with Crippen molar-refractivity contribution in [2.45, 2.75) is 44.9 Å². The lowest BCUT2D eigenvalue weighted by molar-refractivity contribution is -0.131. The number of nitrogens with zero attached hydrogens (tertiary/aromatic N) is 1. The van der Waals surface area contributed by atoms with Gasteiger partial charge in [-0.1, -0.05) is 41.4 Å². The molecular weight excluding hydrogens is 452 g/mol. The molecule has 0 fully saturated rings. The molecule has 0 saturated carbocycles. The summed E-state index contributed by atoms with van der Waals surface area (Å²) in [5, 5.41) is 10.7. The molecule has 2 unspecified atom stereocenters. The number of aliphatic carboxylic acids is 1. The molecule has 168 valence electrons. The molecule has 1 aliphatic heterocycles. The van der Waals surface area contributed by atoms with Crippen LogP contribution in [0, 0.1) is 0 Å². The van der Waals surface area contributed by atoms with Crippen molar-refractivity contribution < 1.29 is 18.7 Å². The highest BCUT2D eigenvalue weighted by molar-refractivity contribution is 6.36. The first-order chi connectivity index (χ1) is 15.0. The lowest BCUT2D eigenvalue weighted by Crippen LogP contribution is -2.47. The summed E-state index contributed by atoms with van der Waals surface area (Å²) in [4.78, 5) is 12.9. The van der Waals surface area contributed by atoms with Crippen LogP contribution in [0.15, 0.2) is 46.9 Å². The van der Waals surface area contributed by atoms with E-state index in [9.17, 15) is 9.18 Å². The molecule has 1 aromatic heterocycles. The van der Waals surface area contributed by atoms with Crippen LogP contribution in [0.25, 0.3) is 17.0 Å². The molecule has 2 heterocycles. The number of benzene rings is 2. The van der Waals surface area contributed by atoms with Crippen molar-refractivity contribution >= 4 is 46.2 Å². The molecule has 4 nitrogen and oxygen atoms in total. The van der Waals surface area contributed by atoms with E-state index in [0.717, 1.165) is 22.6 Å². The number of alkyl halides is 1. The topological polar surface area (TPSA) is 53.7 Å². The second-order valence-corrected chi connectivity index (χ2v) is 9.67. The van der Waals surface area contributed by atoms with E-state index in [1.54, 1.807) is 26.0 Å². The summed E-state index contributed by atoms with van der Waals surface area (Å²) in [6.45, 7) is 5.33. The second-order valence-electron chi connectivity index (χ2n) is 8.86. The van der Waals surface area contributed by atoms with Crippen LogP contribution < -0.4 is 0 Å². The minimum atomic E-state index is -1.45. The van der Waals surface area contributed by atoms with Crippen LogP contribution in [0.1, 0.15) is 49.3 Å². The highest BCUT2D eigenvalue weighted by atomic mass is 35.5. The SMILES string of the molecule is CC1Cc2c(oc3ccccc23)C(c2c(Cl)cc(/C=C/C(=O)O)cc2Cl)N1CC(C)(C)F. The zero-order valence-corrected chi connectivity index (χ0v) is 19.5. The lowest BCUT2D eigenvalue weighted by atomic mass is 9.87. The molecule has 7 heteroatoms. The summed E-state index contributed by atoms with van der Waals surface area (Å²) < 4.78 is 21.2. The smallest absolute Gasteiger partial charge is 0.328 e. The maximum atomic E-state index is 14.9. The van der Waals surface area contributed by atoms with E-state index >= 15 is 0 Å². The maximum Gasteiger partial charge on any atom is 0.328 e. The Balaban J connectivity index is 1.92. The first-order valence-corrected chi connectivity index (χ1v) is 11.2. The van der Waals surface area contributed by atoms with Crippen LogP contribution >= 0.6 is 23.2 Å². The fourth-order valence-corrected chi connectivity index (χ4v) is 5.18. The van der Waals surface area contributed by atoms with Crippen molar-refractivity contribution in [2.24, 2.45) is 0 Å². The molecule has 2 atom stereocenters. The summed E-state index contributed by atoms with van der Waals surface area (Å²) in [6.07, 6.45) is 3.18. The van der Waals surface area contributed by atoms with Gasteiger partial charge in [0.1, 0.15) is 17.0 Å². The summed E-state index contributed by atoms with van der Waals surface area (Å²) in [5.74, 6) is -0.350.